The van der Waals surface area contributed by atoms with Gasteiger partial charge in [0.2, 0.25) is 0 Å². The molecule has 1 heterocycles. The van der Waals surface area contributed by atoms with Crippen LogP contribution in [0.5, 0.6) is 0 Å². The Morgan fingerprint density at radius 3 is 2.60 bits per heavy atom. The second kappa shape index (κ2) is 3.32. The first-order chi connectivity index (χ1) is 4.77. The van der Waals surface area contributed by atoms with E-state index in [1.165, 1.54) is 0 Å². The van der Waals surface area contributed by atoms with Gasteiger partial charge in [-0.05, 0) is 18.3 Å². The Labute approximate surface area is 61.4 Å². The molecular weight excluding hydrogens is 130 g/mol. The minimum atomic E-state index is 0.257. The summed E-state index contributed by atoms with van der Waals surface area (Å²) >= 11 is 0. The smallest absolute Gasteiger partial charge is 0.0734 e. The van der Waals surface area contributed by atoms with E-state index in [1.807, 2.05) is 0 Å². The van der Waals surface area contributed by atoms with E-state index in [-0.39, 0.29) is 5.41 Å². The molecule has 0 aromatic heterocycles. The van der Waals surface area contributed by atoms with Gasteiger partial charge in [-0.3, -0.25) is 0 Å². The van der Waals surface area contributed by atoms with E-state index in [1.54, 1.807) is 0 Å². The Bertz CT molecular complexity index is 94.3. The highest BCUT2D eigenvalue weighted by atomic mass is 16.6. The highest BCUT2D eigenvalue weighted by molar-refractivity contribution is 4.76. The Kier molecular flexibility index (Phi) is 2.65. The molecule has 0 bridgehead atoms. The minimum Gasteiger partial charge on any atom is -0.381 e. The lowest BCUT2D eigenvalue weighted by Crippen LogP contribution is -2.32. The summed E-state index contributed by atoms with van der Waals surface area (Å²) in [4.78, 5) is 4.63. The molecule has 0 aliphatic carbocycles. The van der Waals surface area contributed by atoms with Gasteiger partial charge in [-0.15, -0.1) is 0 Å². The van der Waals surface area contributed by atoms with Crippen LogP contribution in [0.25, 0.3) is 0 Å². The lowest BCUT2D eigenvalue weighted by Gasteiger charge is -2.32. The standard InChI is InChI=1S/C7H15NO2/c1-7(6-10-8)2-4-9-5-3-7/h2-6,8H2,1H3. The molecule has 0 aromatic rings. The van der Waals surface area contributed by atoms with Gasteiger partial charge in [-0.2, -0.15) is 0 Å². The number of rotatable bonds is 2. The lowest BCUT2D eigenvalue weighted by atomic mass is 9.83. The van der Waals surface area contributed by atoms with Gasteiger partial charge in [-0.1, -0.05) is 6.92 Å². The van der Waals surface area contributed by atoms with Crippen LogP contribution in [0.15, 0.2) is 0 Å². The SMILES string of the molecule is CC1(CON)CCOCC1. The van der Waals surface area contributed by atoms with Crippen molar-refractivity contribution in [3.63, 3.8) is 0 Å². The quantitative estimate of drug-likeness (QED) is 0.581. The molecule has 1 aliphatic rings. The molecular formula is C7H15NO2. The van der Waals surface area contributed by atoms with Gasteiger partial charge in [0.25, 0.3) is 0 Å². The number of hydrogen-bond donors (Lipinski definition) is 1. The normalized spacial score (nSPS) is 24.6. The maximum Gasteiger partial charge on any atom is 0.0734 e. The van der Waals surface area contributed by atoms with Crippen LogP contribution in [0, 0.1) is 5.41 Å². The monoisotopic (exact) mass is 145 g/mol. The first kappa shape index (κ1) is 7.98. The Morgan fingerprint density at radius 2 is 2.10 bits per heavy atom. The molecule has 10 heavy (non-hydrogen) atoms. The van der Waals surface area contributed by atoms with E-state index in [9.17, 15) is 0 Å². The molecule has 1 fully saturated rings. The highest BCUT2D eigenvalue weighted by Crippen LogP contribution is 2.29. The summed E-state index contributed by atoms with van der Waals surface area (Å²) in [6.07, 6.45) is 2.12. The van der Waals surface area contributed by atoms with Crippen LogP contribution < -0.4 is 5.90 Å². The van der Waals surface area contributed by atoms with Gasteiger partial charge in [0.15, 0.2) is 0 Å². The van der Waals surface area contributed by atoms with Crippen molar-refractivity contribution in [1.82, 2.24) is 0 Å². The van der Waals surface area contributed by atoms with Crippen molar-refractivity contribution in [2.45, 2.75) is 19.8 Å². The predicted octanol–water partition coefficient (Wildman–Crippen LogP) is 0.693. The summed E-state index contributed by atoms with van der Waals surface area (Å²) in [6.45, 7) is 4.53. The second-order valence-corrected chi connectivity index (χ2v) is 3.23. The first-order valence-electron chi connectivity index (χ1n) is 3.66. The summed E-state index contributed by atoms with van der Waals surface area (Å²) in [7, 11) is 0. The van der Waals surface area contributed by atoms with Crippen molar-refractivity contribution in [3.8, 4) is 0 Å². The summed E-state index contributed by atoms with van der Waals surface area (Å²) in [6, 6.07) is 0. The van der Waals surface area contributed by atoms with E-state index in [0.717, 1.165) is 26.1 Å². The first-order valence-corrected chi connectivity index (χ1v) is 3.66. The van der Waals surface area contributed by atoms with E-state index in [2.05, 4.69) is 11.8 Å². The topological polar surface area (TPSA) is 44.5 Å². The minimum absolute atomic E-state index is 0.257. The Balaban J connectivity index is 2.32. The molecule has 0 atom stereocenters. The van der Waals surface area contributed by atoms with Gasteiger partial charge in [0.05, 0.1) is 6.61 Å². The van der Waals surface area contributed by atoms with Crippen molar-refractivity contribution >= 4 is 0 Å². The molecule has 0 amide bonds. The van der Waals surface area contributed by atoms with E-state index >= 15 is 0 Å². The van der Waals surface area contributed by atoms with Gasteiger partial charge in [-0.25, -0.2) is 5.90 Å². The van der Waals surface area contributed by atoms with Crippen LogP contribution in [0.4, 0.5) is 0 Å². The maximum atomic E-state index is 5.21. The summed E-state index contributed by atoms with van der Waals surface area (Å²) in [5.74, 6) is 5.00. The van der Waals surface area contributed by atoms with Gasteiger partial charge in [0, 0.05) is 13.2 Å². The van der Waals surface area contributed by atoms with Crippen molar-refractivity contribution in [3.05, 3.63) is 0 Å². The molecule has 1 saturated heterocycles. The average Bonchev–Trinajstić information content (AvgIpc) is 1.89. The predicted molar refractivity (Wildman–Crippen MR) is 38.3 cm³/mol. The third-order valence-electron chi connectivity index (χ3n) is 2.13. The summed E-state index contributed by atoms with van der Waals surface area (Å²) < 4.78 is 5.21. The zero-order valence-electron chi connectivity index (χ0n) is 6.43. The molecule has 0 saturated carbocycles. The third-order valence-corrected chi connectivity index (χ3v) is 2.13. The van der Waals surface area contributed by atoms with Crippen LogP contribution in [0.2, 0.25) is 0 Å². The lowest BCUT2D eigenvalue weighted by molar-refractivity contribution is -0.0304. The van der Waals surface area contributed by atoms with Crippen LogP contribution >= 0.6 is 0 Å². The van der Waals surface area contributed by atoms with Crippen LogP contribution in [0.3, 0.4) is 0 Å². The largest absolute Gasteiger partial charge is 0.381 e. The molecule has 1 aliphatic heterocycles. The molecule has 0 unspecified atom stereocenters. The molecule has 0 spiro atoms. The van der Waals surface area contributed by atoms with Crippen LogP contribution in [-0.4, -0.2) is 19.8 Å². The van der Waals surface area contributed by atoms with Crippen molar-refractivity contribution < 1.29 is 9.57 Å². The van der Waals surface area contributed by atoms with E-state index in [4.69, 9.17) is 10.6 Å². The van der Waals surface area contributed by atoms with Gasteiger partial charge >= 0.3 is 0 Å². The Hall–Kier alpha value is -0.120. The van der Waals surface area contributed by atoms with Crippen LogP contribution in [0.1, 0.15) is 19.8 Å². The zero-order chi connectivity index (χ0) is 7.45. The molecule has 0 radical (unpaired) electrons. The average molecular weight is 145 g/mol. The van der Waals surface area contributed by atoms with Gasteiger partial charge in [0.1, 0.15) is 0 Å². The second-order valence-electron chi connectivity index (χ2n) is 3.23. The molecule has 60 valence electrons. The zero-order valence-corrected chi connectivity index (χ0v) is 6.43. The molecule has 3 heteroatoms. The fourth-order valence-electron chi connectivity index (χ4n) is 1.21. The highest BCUT2D eigenvalue weighted by Gasteiger charge is 2.27. The molecule has 2 N–H and O–H groups in total. The van der Waals surface area contributed by atoms with Crippen LogP contribution in [-0.2, 0) is 9.57 Å². The summed E-state index contributed by atoms with van der Waals surface area (Å²) in [5, 5.41) is 0. The molecule has 3 nitrogen and oxygen atoms in total. The number of nitrogens with two attached hydrogens (primary N) is 1. The fraction of sp³-hybridized carbons (Fsp3) is 1.00. The van der Waals surface area contributed by atoms with Crippen molar-refractivity contribution in [1.29, 1.82) is 0 Å². The van der Waals surface area contributed by atoms with Crippen molar-refractivity contribution in [2.24, 2.45) is 11.3 Å². The number of ether oxygens (including phenoxy) is 1. The Morgan fingerprint density at radius 1 is 1.50 bits per heavy atom. The molecule has 1 rings (SSSR count). The molecule has 0 aromatic carbocycles. The third kappa shape index (κ3) is 1.94. The summed E-state index contributed by atoms with van der Waals surface area (Å²) in [5.41, 5.74) is 0.257. The maximum absolute atomic E-state index is 5.21. The number of hydrogen-bond acceptors (Lipinski definition) is 3. The van der Waals surface area contributed by atoms with Crippen molar-refractivity contribution in [2.75, 3.05) is 19.8 Å². The van der Waals surface area contributed by atoms with Gasteiger partial charge < -0.3 is 9.57 Å². The van der Waals surface area contributed by atoms with E-state index in [0.29, 0.717) is 6.61 Å². The fourth-order valence-corrected chi connectivity index (χ4v) is 1.21. The van der Waals surface area contributed by atoms with E-state index < -0.39 is 0 Å².